The summed E-state index contributed by atoms with van der Waals surface area (Å²) in [4.78, 5) is 71.7. The molecule has 3 aromatic carbocycles. The molecular weight excluding hydrogens is 512 g/mol. The van der Waals surface area contributed by atoms with Crippen molar-refractivity contribution >= 4 is 46.9 Å². The van der Waals surface area contributed by atoms with E-state index >= 15 is 0 Å². The Kier molecular flexibility index (Phi) is 8.10. The molecular formula is C27H22N2O10. The van der Waals surface area contributed by atoms with Crippen LogP contribution < -0.4 is 10.6 Å². The minimum absolute atomic E-state index is 0.0328. The molecule has 0 fully saturated rings. The van der Waals surface area contributed by atoms with Gasteiger partial charge in [0.2, 0.25) is 0 Å². The predicted octanol–water partition coefficient (Wildman–Crippen LogP) is 3.57. The van der Waals surface area contributed by atoms with Gasteiger partial charge in [-0.25, -0.2) is 19.2 Å². The molecule has 12 heteroatoms. The van der Waals surface area contributed by atoms with Crippen LogP contribution >= 0.6 is 0 Å². The van der Waals surface area contributed by atoms with Gasteiger partial charge in [-0.05, 0) is 60.9 Å². The van der Waals surface area contributed by atoms with Gasteiger partial charge in [0.1, 0.15) is 0 Å². The number of anilines is 2. The highest BCUT2D eigenvalue weighted by atomic mass is 16.4. The molecule has 0 aliphatic carbocycles. The molecule has 6 N–H and O–H groups in total. The number of carboxylic acids is 4. The van der Waals surface area contributed by atoms with Crippen LogP contribution in [0.15, 0.2) is 48.5 Å². The first-order valence-electron chi connectivity index (χ1n) is 11.2. The van der Waals surface area contributed by atoms with E-state index in [-0.39, 0.29) is 23.2 Å². The van der Waals surface area contributed by atoms with Crippen LogP contribution in [-0.2, 0) is 6.42 Å². The number of amides is 1. The Labute approximate surface area is 220 Å². The zero-order chi connectivity index (χ0) is 29.0. The lowest BCUT2D eigenvalue weighted by Gasteiger charge is -2.14. The molecule has 0 heterocycles. The van der Waals surface area contributed by atoms with Crippen molar-refractivity contribution in [3.8, 4) is 0 Å². The van der Waals surface area contributed by atoms with Crippen molar-refractivity contribution in [2.75, 3.05) is 17.7 Å². The number of hydrogen-bond donors (Lipinski definition) is 6. The highest BCUT2D eigenvalue weighted by molar-refractivity contribution is 6.15. The van der Waals surface area contributed by atoms with Gasteiger partial charge in [-0.1, -0.05) is 12.1 Å². The van der Waals surface area contributed by atoms with Crippen molar-refractivity contribution in [1.82, 2.24) is 0 Å². The van der Waals surface area contributed by atoms with Gasteiger partial charge in [-0.15, -0.1) is 0 Å². The lowest BCUT2D eigenvalue weighted by molar-refractivity contribution is 0.0677. The molecule has 0 radical (unpaired) electrons. The molecule has 0 bridgehead atoms. The fourth-order valence-corrected chi connectivity index (χ4v) is 3.94. The summed E-state index contributed by atoms with van der Waals surface area (Å²) < 4.78 is 0. The zero-order valence-corrected chi connectivity index (χ0v) is 20.6. The van der Waals surface area contributed by atoms with E-state index < -0.39 is 57.8 Å². The summed E-state index contributed by atoms with van der Waals surface area (Å²) in [6.45, 7) is 1.05. The van der Waals surface area contributed by atoms with Crippen molar-refractivity contribution in [3.05, 3.63) is 93.0 Å². The van der Waals surface area contributed by atoms with Gasteiger partial charge >= 0.3 is 23.9 Å². The van der Waals surface area contributed by atoms with Crippen LogP contribution in [0, 0.1) is 0 Å². The van der Waals surface area contributed by atoms with Gasteiger partial charge in [0.05, 0.1) is 33.5 Å². The van der Waals surface area contributed by atoms with Gasteiger partial charge in [-0.3, -0.25) is 9.59 Å². The number of ketones is 1. The molecule has 1 amide bonds. The molecule has 200 valence electrons. The third-order valence-electron chi connectivity index (χ3n) is 5.80. The third kappa shape index (κ3) is 6.07. The van der Waals surface area contributed by atoms with E-state index in [0.29, 0.717) is 22.9 Å². The van der Waals surface area contributed by atoms with Gasteiger partial charge in [0.15, 0.2) is 5.78 Å². The Hall–Kier alpha value is -5.52. The van der Waals surface area contributed by atoms with E-state index in [2.05, 4.69) is 10.6 Å². The number of benzene rings is 3. The summed E-state index contributed by atoms with van der Waals surface area (Å²) in [6, 6.07) is 10.3. The van der Waals surface area contributed by atoms with Crippen LogP contribution in [-0.4, -0.2) is 63.0 Å². The number of carbonyl (C=O) groups excluding carboxylic acids is 2. The van der Waals surface area contributed by atoms with E-state index in [1.807, 2.05) is 0 Å². The number of carboxylic acid groups (broad SMARTS) is 4. The van der Waals surface area contributed by atoms with Crippen molar-refractivity contribution < 1.29 is 49.2 Å². The SMILES string of the molecule is CNc1ccc(Cc2ccc(NC(=O)c3cc(C(C)=O)c(C(=O)O)cc3C(=O)O)c(C(=O)O)c2)cc1C(=O)O. The number of nitrogens with one attached hydrogen (secondary N) is 2. The van der Waals surface area contributed by atoms with E-state index in [0.717, 1.165) is 13.0 Å². The molecule has 0 spiro atoms. The molecule has 0 aromatic heterocycles. The molecule has 0 saturated heterocycles. The Balaban J connectivity index is 1.99. The highest BCUT2D eigenvalue weighted by Crippen LogP contribution is 2.25. The maximum Gasteiger partial charge on any atom is 0.337 e. The van der Waals surface area contributed by atoms with E-state index in [1.165, 1.54) is 24.3 Å². The second kappa shape index (κ2) is 11.3. The number of rotatable bonds is 10. The monoisotopic (exact) mass is 534 g/mol. The standard InChI is InChI=1S/C27H22N2O10/c1-12(30)15-10-16(18(25(34)35)11-17(15)24(32)33)23(31)29-22-6-4-14(9-20(22)27(38)39)7-13-3-5-21(28-2)19(8-13)26(36)37/h3-6,8-11,28H,7H2,1-2H3,(H,29,31)(H,32,33)(H,34,35)(H,36,37)(H,38,39). The third-order valence-corrected chi connectivity index (χ3v) is 5.80. The topological polar surface area (TPSA) is 207 Å². The smallest absolute Gasteiger partial charge is 0.337 e. The predicted molar refractivity (Wildman–Crippen MR) is 137 cm³/mol. The zero-order valence-electron chi connectivity index (χ0n) is 20.6. The van der Waals surface area contributed by atoms with Gasteiger partial charge in [0, 0.05) is 18.3 Å². The number of Topliss-reactive ketones (excluding diaryl/α,β-unsaturated/α-hetero) is 1. The van der Waals surface area contributed by atoms with Crippen molar-refractivity contribution in [1.29, 1.82) is 0 Å². The maximum atomic E-state index is 13.0. The molecule has 39 heavy (non-hydrogen) atoms. The molecule has 0 aliphatic heterocycles. The Morgan fingerprint density at radius 3 is 1.49 bits per heavy atom. The minimum atomic E-state index is -1.63. The average Bonchev–Trinajstić information content (AvgIpc) is 2.88. The van der Waals surface area contributed by atoms with Crippen molar-refractivity contribution in [2.45, 2.75) is 13.3 Å². The summed E-state index contributed by atoms with van der Waals surface area (Å²) in [5.41, 5.74) is -1.24. The quantitative estimate of drug-likeness (QED) is 0.207. The Bertz CT molecular complexity index is 1560. The second-order valence-electron chi connectivity index (χ2n) is 8.36. The number of hydrogen-bond acceptors (Lipinski definition) is 7. The number of carbonyl (C=O) groups is 6. The molecule has 3 aromatic rings. The number of aromatic carboxylic acids is 4. The van der Waals surface area contributed by atoms with Gasteiger partial charge in [-0.2, -0.15) is 0 Å². The van der Waals surface area contributed by atoms with Gasteiger partial charge in [0.25, 0.3) is 5.91 Å². The summed E-state index contributed by atoms with van der Waals surface area (Å²) in [6.07, 6.45) is 0.167. The molecule has 0 aliphatic rings. The largest absolute Gasteiger partial charge is 0.478 e. The first kappa shape index (κ1) is 28.1. The fraction of sp³-hybridized carbons (Fsp3) is 0.111. The summed E-state index contributed by atoms with van der Waals surface area (Å²) in [7, 11) is 1.58. The molecule has 0 atom stereocenters. The molecule has 3 rings (SSSR count). The second-order valence-corrected chi connectivity index (χ2v) is 8.36. The molecule has 0 saturated carbocycles. The fourth-order valence-electron chi connectivity index (χ4n) is 3.94. The Morgan fingerprint density at radius 1 is 0.590 bits per heavy atom. The van der Waals surface area contributed by atoms with Crippen LogP contribution in [0.4, 0.5) is 11.4 Å². The van der Waals surface area contributed by atoms with Crippen molar-refractivity contribution in [2.24, 2.45) is 0 Å². The minimum Gasteiger partial charge on any atom is -0.478 e. The van der Waals surface area contributed by atoms with Crippen LogP contribution in [0.5, 0.6) is 0 Å². The lowest BCUT2D eigenvalue weighted by atomic mass is 9.95. The molecule has 0 unspecified atom stereocenters. The highest BCUT2D eigenvalue weighted by Gasteiger charge is 2.25. The average molecular weight is 534 g/mol. The first-order valence-corrected chi connectivity index (χ1v) is 11.2. The van der Waals surface area contributed by atoms with E-state index in [1.54, 1.807) is 19.2 Å². The Morgan fingerprint density at radius 2 is 1.03 bits per heavy atom. The summed E-state index contributed by atoms with van der Waals surface area (Å²) in [5.74, 6) is -7.53. The van der Waals surface area contributed by atoms with Gasteiger partial charge < -0.3 is 31.1 Å². The van der Waals surface area contributed by atoms with Crippen LogP contribution in [0.2, 0.25) is 0 Å². The lowest BCUT2D eigenvalue weighted by Crippen LogP contribution is -2.21. The summed E-state index contributed by atoms with van der Waals surface area (Å²) in [5, 5.41) is 43.1. The molecule has 12 nitrogen and oxygen atoms in total. The first-order chi connectivity index (χ1) is 18.3. The van der Waals surface area contributed by atoms with Crippen LogP contribution in [0.1, 0.15) is 80.2 Å². The summed E-state index contributed by atoms with van der Waals surface area (Å²) >= 11 is 0. The van der Waals surface area contributed by atoms with Crippen molar-refractivity contribution in [3.63, 3.8) is 0 Å². The van der Waals surface area contributed by atoms with E-state index in [4.69, 9.17) is 0 Å². The van der Waals surface area contributed by atoms with Crippen LogP contribution in [0.25, 0.3) is 0 Å². The van der Waals surface area contributed by atoms with Crippen LogP contribution in [0.3, 0.4) is 0 Å². The normalized spacial score (nSPS) is 10.4. The van der Waals surface area contributed by atoms with E-state index in [9.17, 15) is 49.2 Å². The maximum absolute atomic E-state index is 13.0.